The first-order chi connectivity index (χ1) is 8.11. The van der Waals surface area contributed by atoms with Crippen LogP contribution < -0.4 is 10.5 Å². The number of anilines is 1. The van der Waals surface area contributed by atoms with Crippen molar-refractivity contribution in [2.24, 2.45) is 0 Å². The summed E-state index contributed by atoms with van der Waals surface area (Å²) in [6.45, 7) is 1.95. The number of halogens is 1. The van der Waals surface area contributed by atoms with E-state index in [1.54, 1.807) is 6.07 Å². The quantitative estimate of drug-likeness (QED) is 0.810. The summed E-state index contributed by atoms with van der Waals surface area (Å²) in [5, 5.41) is 0. The fraction of sp³-hybridized carbons (Fsp3) is 0.154. The predicted octanol–water partition coefficient (Wildman–Crippen LogP) is 2.79. The summed E-state index contributed by atoms with van der Waals surface area (Å²) in [5.41, 5.74) is 8.80. The second-order valence-electron chi connectivity index (χ2n) is 3.80. The van der Waals surface area contributed by atoms with Gasteiger partial charge in [-0.15, -0.1) is 0 Å². The van der Waals surface area contributed by atoms with Crippen molar-refractivity contribution in [3.8, 4) is 17.0 Å². The minimum atomic E-state index is -0.415. The highest BCUT2D eigenvalue weighted by molar-refractivity contribution is 5.79. The lowest BCUT2D eigenvalue weighted by Crippen LogP contribution is -1.96. The first-order valence-corrected chi connectivity index (χ1v) is 5.18. The molecule has 2 N–H and O–H groups in total. The van der Waals surface area contributed by atoms with Crippen LogP contribution >= 0.6 is 0 Å². The van der Waals surface area contributed by atoms with Gasteiger partial charge in [0.2, 0.25) is 5.88 Å². The number of aromatic nitrogens is 1. The van der Waals surface area contributed by atoms with Crippen molar-refractivity contribution in [1.29, 1.82) is 0 Å². The average Bonchev–Trinajstić information content (AvgIpc) is 2.32. The molecular formula is C13H13FN2O. The SMILES string of the molecule is COc1ncc(F)cc1-c1cc(C)ccc1N. The second-order valence-corrected chi connectivity index (χ2v) is 3.80. The number of nitrogens with two attached hydrogens (primary N) is 1. The Labute approximate surface area is 99.1 Å². The van der Waals surface area contributed by atoms with Crippen LogP contribution in [0.1, 0.15) is 5.56 Å². The van der Waals surface area contributed by atoms with Gasteiger partial charge in [-0.1, -0.05) is 11.6 Å². The van der Waals surface area contributed by atoms with Gasteiger partial charge in [-0.3, -0.25) is 0 Å². The lowest BCUT2D eigenvalue weighted by atomic mass is 10.0. The van der Waals surface area contributed by atoms with E-state index in [0.717, 1.165) is 17.3 Å². The zero-order chi connectivity index (χ0) is 12.4. The summed E-state index contributed by atoms with van der Waals surface area (Å²) < 4.78 is 18.4. The van der Waals surface area contributed by atoms with Crippen LogP contribution in [0.2, 0.25) is 0 Å². The molecule has 0 spiro atoms. The molecule has 0 aliphatic heterocycles. The molecule has 0 aliphatic carbocycles. The number of nitrogens with zero attached hydrogens (tertiary/aromatic N) is 1. The first-order valence-electron chi connectivity index (χ1n) is 5.18. The molecule has 0 unspecified atom stereocenters. The van der Waals surface area contributed by atoms with Crippen LogP contribution in [0.25, 0.3) is 11.1 Å². The Morgan fingerprint density at radius 2 is 2.00 bits per heavy atom. The molecular weight excluding hydrogens is 219 g/mol. The number of aryl methyl sites for hydroxylation is 1. The molecule has 0 radical (unpaired) electrons. The predicted molar refractivity (Wildman–Crippen MR) is 65.3 cm³/mol. The van der Waals surface area contributed by atoms with Crippen LogP contribution in [0.5, 0.6) is 5.88 Å². The average molecular weight is 232 g/mol. The van der Waals surface area contributed by atoms with Crippen LogP contribution in [-0.2, 0) is 0 Å². The summed E-state index contributed by atoms with van der Waals surface area (Å²) in [6, 6.07) is 6.94. The van der Waals surface area contributed by atoms with Gasteiger partial charge in [0.05, 0.1) is 13.3 Å². The van der Waals surface area contributed by atoms with E-state index < -0.39 is 5.82 Å². The molecule has 0 saturated carbocycles. The Kier molecular flexibility index (Phi) is 2.95. The van der Waals surface area contributed by atoms with Gasteiger partial charge >= 0.3 is 0 Å². The number of nitrogen functional groups attached to an aromatic ring is 1. The number of ether oxygens (including phenoxy) is 1. The van der Waals surface area contributed by atoms with Gasteiger partial charge in [0.25, 0.3) is 0 Å². The Hall–Kier alpha value is -2.10. The third-order valence-corrected chi connectivity index (χ3v) is 2.51. The Morgan fingerprint density at radius 1 is 1.24 bits per heavy atom. The number of pyridine rings is 1. The first kappa shape index (κ1) is 11.4. The van der Waals surface area contributed by atoms with Gasteiger partial charge in [0, 0.05) is 16.8 Å². The molecule has 3 nitrogen and oxygen atoms in total. The van der Waals surface area contributed by atoms with E-state index in [9.17, 15) is 4.39 Å². The van der Waals surface area contributed by atoms with E-state index in [4.69, 9.17) is 10.5 Å². The van der Waals surface area contributed by atoms with Gasteiger partial charge in [-0.05, 0) is 25.1 Å². The molecule has 0 saturated heterocycles. The zero-order valence-corrected chi connectivity index (χ0v) is 9.70. The van der Waals surface area contributed by atoms with Crippen LogP contribution in [0.15, 0.2) is 30.5 Å². The molecule has 1 aromatic carbocycles. The number of methoxy groups -OCH3 is 1. The smallest absolute Gasteiger partial charge is 0.221 e. The van der Waals surface area contributed by atoms with Gasteiger partial charge in [-0.25, -0.2) is 9.37 Å². The van der Waals surface area contributed by atoms with Crippen molar-refractivity contribution < 1.29 is 9.13 Å². The topological polar surface area (TPSA) is 48.1 Å². The maximum absolute atomic E-state index is 13.2. The van der Waals surface area contributed by atoms with E-state index in [-0.39, 0.29) is 0 Å². The molecule has 2 rings (SSSR count). The van der Waals surface area contributed by atoms with Crippen molar-refractivity contribution >= 4 is 5.69 Å². The Balaban J connectivity index is 2.66. The van der Waals surface area contributed by atoms with E-state index in [1.165, 1.54) is 13.2 Å². The van der Waals surface area contributed by atoms with Crippen molar-refractivity contribution in [3.63, 3.8) is 0 Å². The van der Waals surface area contributed by atoms with E-state index in [0.29, 0.717) is 17.1 Å². The fourth-order valence-corrected chi connectivity index (χ4v) is 1.69. The summed E-state index contributed by atoms with van der Waals surface area (Å²) >= 11 is 0. The van der Waals surface area contributed by atoms with Crippen LogP contribution in [0, 0.1) is 12.7 Å². The number of hydrogen-bond donors (Lipinski definition) is 1. The van der Waals surface area contributed by atoms with Crippen LogP contribution in [-0.4, -0.2) is 12.1 Å². The van der Waals surface area contributed by atoms with E-state index in [2.05, 4.69) is 4.98 Å². The minimum absolute atomic E-state index is 0.365. The highest BCUT2D eigenvalue weighted by atomic mass is 19.1. The summed E-state index contributed by atoms with van der Waals surface area (Å²) in [6.07, 6.45) is 1.12. The monoisotopic (exact) mass is 232 g/mol. The maximum atomic E-state index is 13.2. The lowest BCUT2D eigenvalue weighted by Gasteiger charge is -2.10. The molecule has 2 aromatic rings. The molecule has 0 fully saturated rings. The second kappa shape index (κ2) is 4.41. The molecule has 0 bridgehead atoms. The summed E-state index contributed by atoms with van der Waals surface area (Å²) in [7, 11) is 1.50. The summed E-state index contributed by atoms with van der Waals surface area (Å²) in [4.78, 5) is 3.89. The molecule has 0 aliphatic rings. The van der Waals surface area contributed by atoms with E-state index >= 15 is 0 Å². The van der Waals surface area contributed by atoms with E-state index in [1.807, 2.05) is 19.1 Å². The largest absolute Gasteiger partial charge is 0.481 e. The standard InChI is InChI=1S/C13H13FN2O/c1-8-3-4-12(15)10(5-8)11-6-9(14)7-16-13(11)17-2/h3-7H,15H2,1-2H3. The molecule has 88 valence electrons. The van der Waals surface area contributed by atoms with Crippen LogP contribution in [0.3, 0.4) is 0 Å². The molecule has 4 heteroatoms. The Morgan fingerprint density at radius 3 is 2.71 bits per heavy atom. The third-order valence-electron chi connectivity index (χ3n) is 2.51. The van der Waals surface area contributed by atoms with Gasteiger partial charge < -0.3 is 10.5 Å². The van der Waals surface area contributed by atoms with Crippen molar-refractivity contribution in [1.82, 2.24) is 4.98 Å². The van der Waals surface area contributed by atoms with Gasteiger partial charge in [-0.2, -0.15) is 0 Å². The fourth-order valence-electron chi connectivity index (χ4n) is 1.69. The maximum Gasteiger partial charge on any atom is 0.221 e. The molecule has 0 atom stereocenters. The van der Waals surface area contributed by atoms with Crippen molar-refractivity contribution in [3.05, 3.63) is 41.8 Å². The molecule has 0 amide bonds. The van der Waals surface area contributed by atoms with Crippen molar-refractivity contribution in [2.75, 3.05) is 12.8 Å². The normalized spacial score (nSPS) is 10.3. The molecule has 1 aromatic heterocycles. The lowest BCUT2D eigenvalue weighted by molar-refractivity contribution is 0.398. The minimum Gasteiger partial charge on any atom is -0.481 e. The number of hydrogen-bond acceptors (Lipinski definition) is 3. The molecule has 17 heavy (non-hydrogen) atoms. The van der Waals surface area contributed by atoms with Crippen molar-refractivity contribution in [2.45, 2.75) is 6.92 Å². The number of rotatable bonds is 2. The Bertz CT molecular complexity index is 555. The highest BCUT2D eigenvalue weighted by Crippen LogP contribution is 2.33. The molecule has 1 heterocycles. The van der Waals surface area contributed by atoms with Crippen LogP contribution in [0.4, 0.5) is 10.1 Å². The number of benzene rings is 1. The zero-order valence-electron chi connectivity index (χ0n) is 9.70. The van der Waals surface area contributed by atoms with Gasteiger partial charge in [0.15, 0.2) is 0 Å². The summed E-state index contributed by atoms with van der Waals surface area (Å²) in [5.74, 6) is -0.0505. The highest BCUT2D eigenvalue weighted by Gasteiger charge is 2.11. The third kappa shape index (κ3) is 2.20. The van der Waals surface area contributed by atoms with Gasteiger partial charge in [0.1, 0.15) is 5.82 Å².